The molecule has 1 amide bonds. The van der Waals surface area contributed by atoms with Crippen molar-refractivity contribution in [2.24, 2.45) is 0 Å². The first-order valence-electron chi connectivity index (χ1n) is 6.82. The number of aldehydes is 1. The van der Waals surface area contributed by atoms with Gasteiger partial charge in [-0.05, 0) is 25.0 Å². The summed E-state index contributed by atoms with van der Waals surface area (Å²) < 4.78 is 10.9. The van der Waals surface area contributed by atoms with Gasteiger partial charge in [0.2, 0.25) is 0 Å². The molecule has 0 spiro atoms. The number of ether oxygens (including phenoxy) is 2. The van der Waals surface area contributed by atoms with E-state index >= 15 is 0 Å². The van der Waals surface area contributed by atoms with E-state index in [1.165, 1.54) is 0 Å². The van der Waals surface area contributed by atoms with Crippen LogP contribution in [0.25, 0.3) is 0 Å². The van der Waals surface area contributed by atoms with Gasteiger partial charge in [0.15, 0.2) is 12.9 Å². The van der Waals surface area contributed by atoms with Crippen LogP contribution in [0.15, 0.2) is 18.2 Å². The average molecular weight is 279 g/mol. The summed E-state index contributed by atoms with van der Waals surface area (Å²) in [5, 5.41) is 2.71. The van der Waals surface area contributed by atoms with Crippen molar-refractivity contribution in [2.45, 2.75) is 26.7 Å². The summed E-state index contributed by atoms with van der Waals surface area (Å²) in [6, 6.07) is 4.97. The zero-order chi connectivity index (χ0) is 14.8. The minimum atomic E-state index is -0.205. The standard InChI is InChI=1S/C15H21NO4/c1-3-7-16-15(18)11-20-14-9-13(19-8-4-2)6-5-12(14)10-17/h5-6,9-10H,3-4,7-8,11H2,1-2H3,(H,16,18). The second-order valence-corrected chi connectivity index (χ2v) is 4.30. The molecule has 0 bridgehead atoms. The molecule has 5 nitrogen and oxygen atoms in total. The molecule has 0 aliphatic rings. The Hall–Kier alpha value is -2.04. The molecule has 0 heterocycles. The molecule has 0 saturated heterocycles. The molecule has 1 aromatic rings. The zero-order valence-corrected chi connectivity index (χ0v) is 12.0. The molecule has 0 radical (unpaired) electrons. The minimum absolute atomic E-state index is 0.113. The van der Waals surface area contributed by atoms with Crippen molar-refractivity contribution in [3.8, 4) is 11.5 Å². The van der Waals surface area contributed by atoms with E-state index in [-0.39, 0.29) is 12.5 Å². The van der Waals surface area contributed by atoms with Crippen LogP contribution in [0.2, 0.25) is 0 Å². The molecule has 0 atom stereocenters. The van der Waals surface area contributed by atoms with Crippen LogP contribution in [0.4, 0.5) is 0 Å². The molecule has 1 N–H and O–H groups in total. The maximum atomic E-state index is 11.5. The lowest BCUT2D eigenvalue weighted by atomic mass is 10.2. The number of hydrogen-bond acceptors (Lipinski definition) is 4. The molecule has 0 aliphatic heterocycles. The highest BCUT2D eigenvalue weighted by Gasteiger charge is 2.08. The first-order valence-corrected chi connectivity index (χ1v) is 6.82. The molecule has 0 saturated carbocycles. The van der Waals surface area contributed by atoms with Crippen molar-refractivity contribution in [1.82, 2.24) is 5.32 Å². The van der Waals surface area contributed by atoms with Crippen molar-refractivity contribution in [1.29, 1.82) is 0 Å². The Bertz CT molecular complexity index is 445. The predicted molar refractivity (Wildman–Crippen MR) is 76.4 cm³/mol. The highest BCUT2D eigenvalue weighted by molar-refractivity contribution is 5.81. The Kier molecular flexibility index (Phi) is 7.17. The molecule has 20 heavy (non-hydrogen) atoms. The molecule has 0 aliphatic carbocycles. The maximum Gasteiger partial charge on any atom is 0.257 e. The lowest BCUT2D eigenvalue weighted by molar-refractivity contribution is -0.123. The normalized spacial score (nSPS) is 9.90. The van der Waals surface area contributed by atoms with E-state index in [9.17, 15) is 9.59 Å². The molecular formula is C15H21NO4. The highest BCUT2D eigenvalue weighted by atomic mass is 16.5. The Morgan fingerprint density at radius 3 is 2.70 bits per heavy atom. The van der Waals surface area contributed by atoms with E-state index in [1.807, 2.05) is 13.8 Å². The number of carbonyl (C=O) groups is 2. The van der Waals surface area contributed by atoms with Crippen LogP contribution in [0.3, 0.4) is 0 Å². The third-order valence-corrected chi connectivity index (χ3v) is 2.52. The Balaban J connectivity index is 2.65. The average Bonchev–Trinajstić information content (AvgIpc) is 2.48. The molecule has 1 rings (SSSR count). The van der Waals surface area contributed by atoms with Gasteiger partial charge in [-0.15, -0.1) is 0 Å². The third kappa shape index (κ3) is 5.30. The van der Waals surface area contributed by atoms with Gasteiger partial charge in [0.25, 0.3) is 5.91 Å². The van der Waals surface area contributed by atoms with Gasteiger partial charge in [0.1, 0.15) is 11.5 Å². The quantitative estimate of drug-likeness (QED) is 0.704. The zero-order valence-electron chi connectivity index (χ0n) is 12.0. The number of rotatable bonds is 9. The lowest BCUT2D eigenvalue weighted by Gasteiger charge is -2.11. The predicted octanol–water partition coefficient (Wildman–Crippen LogP) is 2.19. The Morgan fingerprint density at radius 1 is 1.25 bits per heavy atom. The van der Waals surface area contributed by atoms with Gasteiger partial charge in [0, 0.05) is 12.6 Å². The van der Waals surface area contributed by atoms with Crippen LogP contribution < -0.4 is 14.8 Å². The van der Waals surface area contributed by atoms with E-state index in [1.54, 1.807) is 18.2 Å². The number of amides is 1. The number of hydrogen-bond donors (Lipinski definition) is 1. The van der Waals surface area contributed by atoms with Crippen molar-refractivity contribution >= 4 is 12.2 Å². The Labute approximate surface area is 119 Å². The second kappa shape index (κ2) is 8.96. The summed E-state index contributed by atoms with van der Waals surface area (Å²) in [4.78, 5) is 22.4. The van der Waals surface area contributed by atoms with Crippen molar-refractivity contribution in [3.63, 3.8) is 0 Å². The summed E-state index contributed by atoms with van der Waals surface area (Å²) in [5.41, 5.74) is 0.400. The largest absolute Gasteiger partial charge is 0.493 e. The van der Waals surface area contributed by atoms with Crippen LogP contribution in [-0.4, -0.2) is 32.0 Å². The highest BCUT2D eigenvalue weighted by Crippen LogP contribution is 2.23. The SMILES string of the molecule is CCCNC(=O)COc1cc(OCCC)ccc1C=O. The van der Waals surface area contributed by atoms with Crippen LogP contribution in [0.1, 0.15) is 37.0 Å². The molecule has 110 valence electrons. The summed E-state index contributed by atoms with van der Waals surface area (Å²) in [7, 11) is 0. The fourth-order valence-electron chi connectivity index (χ4n) is 1.51. The van der Waals surface area contributed by atoms with E-state index in [4.69, 9.17) is 9.47 Å². The van der Waals surface area contributed by atoms with E-state index in [0.717, 1.165) is 12.8 Å². The van der Waals surface area contributed by atoms with Gasteiger partial charge >= 0.3 is 0 Å². The van der Waals surface area contributed by atoms with Gasteiger partial charge in [-0.25, -0.2) is 0 Å². The van der Waals surface area contributed by atoms with Gasteiger partial charge in [-0.2, -0.15) is 0 Å². The van der Waals surface area contributed by atoms with Crippen molar-refractivity contribution in [3.05, 3.63) is 23.8 Å². The number of nitrogens with one attached hydrogen (secondary N) is 1. The summed E-state index contributed by atoms with van der Waals surface area (Å²) in [6.45, 7) is 5.08. The van der Waals surface area contributed by atoms with Crippen LogP contribution >= 0.6 is 0 Å². The second-order valence-electron chi connectivity index (χ2n) is 4.30. The summed E-state index contributed by atoms with van der Waals surface area (Å²) in [5.74, 6) is 0.783. The molecular weight excluding hydrogens is 258 g/mol. The van der Waals surface area contributed by atoms with E-state index in [2.05, 4.69) is 5.32 Å². The molecule has 0 unspecified atom stereocenters. The van der Waals surface area contributed by atoms with Crippen molar-refractivity contribution < 1.29 is 19.1 Å². The molecule has 1 aromatic carbocycles. The number of carbonyl (C=O) groups excluding carboxylic acids is 2. The van der Waals surface area contributed by atoms with Gasteiger partial charge in [-0.1, -0.05) is 13.8 Å². The number of benzene rings is 1. The molecule has 0 aromatic heterocycles. The third-order valence-electron chi connectivity index (χ3n) is 2.52. The van der Waals surface area contributed by atoms with Gasteiger partial charge in [-0.3, -0.25) is 9.59 Å². The first-order chi connectivity index (χ1) is 9.71. The smallest absolute Gasteiger partial charge is 0.257 e. The first kappa shape index (κ1) is 16.0. The fourth-order valence-corrected chi connectivity index (χ4v) is 1.51. The fraction of sp³-hybridized carbons (Fsp3) is 0.467. The van der Waals surface area contributed by atoms with Gasteiger partial charge in [0.05, 0.1) is 12.2 Å². The lowest BCUT2D eigenvalue weighted by Crippen LogP contribution is -2.29. The van der Waals surface area contributed by atoms with Crippen LogP contribution in [-0.2, 0) is 4.79 Å². The topological polar surface area (TPSA) is 64.6 Å². The van der Waals surface area contributed by atoms with Crippen LogP contribution in [0.5, 0.6) is 11.5 Å². The van der Waals surface area contributed by atoms with E-state index in [0.29, 0.717) is 36.5 Å². The minimum Gasteiger partial charge on any atom is -0.493 e. The Morgan fingerprint density at radius 2 is 2.05 bits per heavy atom. The summed E-state index contributed by atoms with van der Waals surface area (Å²) >= 11 is 0. The molecule has 0 fully saturated rings. The van der Waals surface area contributed by atoms with E-state index < -0.39 is 0 Å². The van der Waals surface area contributed by atoms with Crippen LogP contribution in [0, 0.1) is 0 Å². The monoisotopic (exact) mass is 279 g/mol. The maximum absolute atomic E-state index is 11.5. The summed E-state index contributed by atoms with van der Waals surface area (Å²) in [6.07, 6.45) is 2.46. The van der Waals surface area contributed by atoms with Crippen molar-refractivity contribution in [2.75, 3.05) is 19.8 Å². The van der Waals surface area contributed by atoms with Gasteiger partial charge < -0.3 is 14.8 Å². The molecule has 5 heteroatoms.